The van der Waals surface area contributed by atoms with Gasteiger partial charge < -0.3 is 9.88 Å². The molecule has 3 rings (SSSR count). The van der Waals surface area contributed by atoms with Crippen molar-refractivity contribution in [2.75, 3.05) is 18.4 Å². The van der Waals surface area contributed by atoms with Gasteiger partial charge in [0.25, 0.3) is 10.0 Å². The van der Waals surface area contributed by atoms with Crippen LogP contribution in [-0.2, 0) is 14.8 Å². The van der Waals surface area contributed by atoms with Crippen LogP contribution in [0.25, 0.3) is 0 Å². The van der Waals surface area contributed by atoms with E-state index in [1.54, 1.807) is 16.8 Å². The van der Waals surface area contributed by atoms with E-state index < -0.39 is 10.0 Å². The molecule has 1 saturated heterocycles. The molecule has 1 atom stereocenters. The average molecular weight is 455 g/mol. The van der Waals surface area contributed by atoms with Crippen molar-refractivity contribution in [3.63, 3.8) is 0 Å². The third-order valence-corrected chi connectivity index (χ3v) is 6.87. The number of carbonyl (C=O) groups is 1. The molecule has 0 spiro atoms. The number of carbonyl (C=O) groups excluding carboxylic acids is 1. The van der Waals surface area contributed by atoms with Crippen molar-refractivity contribution in [3.8, 4) is 0 Å². The van der Waals surface area contributed by atoms with Gasteiger partial charge in [-0.05, 0) is 44.9 Å². The van der Waals surface area contributed by atoms with Crippen LogP contribution in [0.5, 0.6) is 0 Å². The summed E-state index contributed by atoms with van der Waals surface area (Å²) in [7, 11) is -3.71. The molecule has 2 heterocycles. The van der Waals surface area contributed by atoms with E-state index in [0.717, 1.165) is 4.47 Å². The third-order valence-electron chi connectivity index (χ3n) is 4.63. The first-order chi connectivity index (χ1) is 12.8. The van der Waals surface area contributed by atoms with E-state index in [1.165, 1.54) is 10.6 Å². The van der Waals surface area contributed by atoms with Gasteiger partial charge in [-0.25, -0.2) is 13.4 Å². The van der Waals surface area contributed by atoms with Crippen molar-refractivity contribution in [1.29, 1.82) is 0 Å². The van der Waals surface area contributed by atoms with E-state index in [-0.39, 0.29) is 29.4 Å². The minimum absolute atomic E-state index is 0.0317. The zero-order chi connectivity index (χ0) is 19.6. The van der Waals surface area contributed by atoms with Crippen LogP contribution >= 0.6 is 15.9 Å². The van der Waals surface area contributed by atoms with Crippen molar-refractivity contribution in [3.05, 3.63) is 41.3 Å². The van der Waals surface area contributed by atoms with Crippen LogP contribution in [-0.4, -0.2) is 41.3 Å². The molecule has 7 nitrogen and oxygen atoms in total. The Bertz CT molecular complexity index is 926. The van der Waals surface area contributed by atoms with Gasteiger partial charge in [-0.15, -0.1) is 0 Å². The first-order valence-corrected chi connectivity index (χ1v) is 11.1. The van der Waals surface area contributed by atoms with Gasteiger partial charge in [-0.1, -0.05) is 22.0 Å². The van der Waals surface area contributed by atoms with Crippen LogP contribution in [0.3, 0.4) is 0 Å². The number of nitrogens with zero attached hydrogens (tertiary/aromatic N) is 3. The molecular weight excluding hydrogens is 432 g/mol. The highest BCUT2D eigenvalue weighted by Crippen LogP contribution is 2.25. The number of halogens is 1. The van der Waals surface area contributed by atoms with Crippen molar-refractivity contribution in [2.45, 2.75) is 37.8 Å². The lowest BCUT2D eigenvalue weighted by atomic mass is 9.99. The summed E-state index contributed by atoms with van der Waals surface area (Å²) in [6.07, 6.45) is 4.37. The molecule has 0 aliphatic carbocycles. The van der Waals surface area contributed by atoms with Gasteiger partial charge in [0.15, 0.2) is 5.03 Å². The second kappa shape index (κ2) is 8.12. The Morgan fingerprint density at radius 2 is 2.15 bits per heavy atom. The Labute approximate surface area is 168 Å². The van der Waals surface area contributed by atoms with E-state index in [4.69, 9.17) is 0 Å². The van der Waals surface area contributed by atoms with E-state index >= 15 is 0 Å². The minimum Gasteiger partial charge on any atom is -0.334 e. The predicted octanol–water partition coefficient (Wildman–Crippen LogP) is 3.27. The summed E-state index contributed by atoms with van der Waals surface area (Å²) in [4.78, 5) is 16.7. The minimum atomic E-state index is -3.71. The average Bonchev–Trinajstić information content (AvgIpc) is 3.13. The van der Waals surface area contributed by atoms with Crippen LogP contribution in [0.4, 0.5) is 5.69 Å². The summed E-state index contributed by atoms with van der Waals surface area (Å²) in [6.45, 7) is 4.48. The van der Waals surface area contributed by atoms with Gasteiger partial charge in [0.2, 0.25) is 5.91 Å². The topological polar surface area (TPSA) is 84.3 Å². The van der Waals surface area contributed by atoms with Crippen LogP contribution in [0, 0.1) is 5.92 Å². The standard InChI is InChI=1S/C18H23BrN4O3S/c1-13(2)22-11-17(20-12-22)27(25,26)23-8-4-5-14(10-23)18(24)21-16-7-3-6-15(19)9-16/h3,6-7,9,11-14H,4-5,8,10H2,1-2H3,(H,21,24)/t14-/m0/s1. The van der Waals surface area contributed by atoms with Crippen molar-refractivity contribution < 1.29 is 13.2 Å². The molecule has 9 heteroatoms. The molecule has 1 amide bonds. The van der Waals surface area contributed by atoms with Crippen LogP contribution < -0.4 is 5.32 Å². The first-order valence-electron chi connectivity index (χ1n) is 8.87. The lowest BCUT2D eigenvalue weighted by Crippen LogP contribution is -2.43. The van der Waals surface area contributed by atoms with Gasteiger partial charge in [-0.3, -0.25) is 4.79 Å². The van der Waals surface area contributed by atoms with E-state index in [9.17, 15) is 13.2 Å². The smallest absolute Gasteiger partial charge is 0.262 e. The lowest BCUT2D eigenvalue weighted by Gasteiger charge is -2.30. The maximum atomic E-state index is 12.9. The number of benzene rings is 1. The van der Waals surface area contributed by atoms with Crippen LogP contribution in [0.15, 0.2) is 46.3 Å². The number of hydrogen-bond acceptors (Lipinski definition) is 4. The molecule has 2 aromatic rings. The molecule has 1 aliphatic rings. The largest absolute Gasteiger partial charge is 0.334 e. The van der Waals surface area contributed by atoms with Crippen LogP contribution in [0.1, 0.15) is 32.7 Å². The molecule has 1 N–H and O–H groups in total. The molecular formula is C18H23BrN4O3S. The molecule has 27 heavy (non-hydrogen) atoms. The summed E-state index contributed by atoms with van der Waals surface area (Å²) in [6, 6.07) is 7.46. The molecule has 1 aromatic carbocycles. The quantitative estimate of drug-likeness (QED) is 0.750. The van der Waals surface area contributed by atoms with Gasteiger partial charge in [0.1, 0.15) is 0 Å². The molecule has 0 radical (unpaired) electrons. The van der Waals surface area contributed by atoms with Crippen molar-refractivity contribution in [1.82, 2.24) is 13.9 Å². The Balaban J connectivity index is 1.71. The maximum Gasteiger partial charge on any atom is 0.262 e. The number of piperidine rings is 1. The molecule has 1 aliphatic heterocycles. The number of anilines is 1. The highest BCUT2D eigenvalue weighted by molar-refractivity contribution is 9.10. The predicted molar refractivity (Wildman–Crippen MR) is 107 cm³/mol. The molecule has 0 saturated carbocycles. The summed E-state index contributed by atoms with van der Waals surface area (Å²) in [5, 5.41) is 2.90. The molecule has 1 aromatic heterocycles. The summed E-state index contributed by atoms with van der Waals surface area (Å²) < 4.78 is 29.8. The zero-order valence-electron chi connectivity index (χ0n) is 15.3. The number of aromatic nitrogens is 2. The normalized spacial score (nSPS) is 18.6. The Morgan fingerprint density at radius 3 is 2.81 bits per heavy atom. The number of hydrogen-bond donors (Lipinski definition) is 1. The van der Waals surface area contributed by atoms with Crippen molar-refractivity contribution >= 4 is 37.5 Å². The Hall–Kier alpha value is -1.71. The molecule has 146 valence electrons. The highest BCUT2D eigenvalue weighted by Gasteiger charge is 2.34. The van der Waals surface area contributed by atoms with Gasteiger partial charge in [0.05, 0.1) is 12.2 Å². The summed E-state index contributed by atoms with van der Waals surface area (Å²) in [5.41, 5.74) is 0.685. The van der Waals surface area contributed by atoms with Gasteiger partial charge in [-0.2, -0.15) is 4.31 Å². The third kappa shape index (κ3) is 4.59. The second-order valence-electron chi connectivity index (χ2n) is 6.95. The monoisotopic (exact) mass is 454 g/mol. The van der Waals surface area contributed by atoms with E-state index in [1.807, 2.05) is 32.0 Å². The zero-order valence-corrected chi connectivity index (χ0v) is 17.7. The SMILES string of the molecule is CC(C)n1cnc(S(=O)(=O)N2CCC[C@H](C(=O)Nc3cccc(Br)c3)C2)c1. The number of amides is 1. The first kappa shape index (κ1) is 20.0. The summed E-state index contributed by atoms with van der Waals surface area (Å²) in [5.74, 6) is -0.555. The number of rotatable bonds is 5. The van der Waals surface area contributed by atoms with Crippen LogP contribution in [0.2, 0.25) is 0 Å². The Morgan fingerprint density at radius 1 is 1.37 bits per heavy atom. The fourth-order valence-electron chi connectivity index (χ4n) is 3.05. The Kier molecular flexibility index (Phi) is 6.02. The molecule has 0 unspecified atom stereocenters. The lowest BCUT2D eigenvalue weighted by molar-refractivity contribution is -0.120. The number of nitrogens with one attached hydrogen (secondary N) is 1. The fourth-order valence-corrected chi connectivity index (χ4v) is 4.90. The molecule has 0 bridgehead atoms. The molecule has 1 fully saturated rings. The number of sulfonamides is 1. The fraction of sp³-hybridized carbons (Fsp3) is 0.444. The van der Waals surface area contributed by atoms with Gasteiger partial charge >= 0.3 is 0 Å². The number of imidazole rings is 1. The van der Waals surface area contributed by atoms with Gasteiger partial charge in [0, 0.05) is 35.5 Å². The van der Waals surface area contributed by atoms with E-state index in [2.05, 4.69) is 26.2 Å². The summed E-state index contributed by atoms with van der Waals surface area (Å²) >= 11 is 3.37. The van der Waals surface area contributed by atoms with Crippen molar-refractivity contribution in [2.24, 2.45) is 5.92 Å². The second-order valence-corrected chi connectivity index (χ2v) is 9.76. The maximum absolute atomic E-state index is 12.9. The highest BCUT2D eigenvalue weighted by atomic mass is 79.9. The van der Waals surface area contributed by atoms with E-state index in [0.29, 0.717) is 25.1 Å².